The Labute approximate surface area is 93.1 Å². The number of hydrogen-bond donors (Lipinski definition) is 0. The van der Waals surface area contributed by atoms with Gasteiger partial charge in [-0.05, 0) is 27.2 Å². The standard InChI is InChI=1S/C12H22N2O/c1-5-8-9-12(4,10-13)11(15)14(6-2)7-3/h5-9H2,1-4H3/t12-/m0/s1. The smallest absolute Gasteiger partial charge is 0.242 e. The number of carbonyl (C=O) groups is 1. The van der Waals surface area contributed by atoms with Crippen LogP contribution >= 0.6 is 0 Å². The predicted octanol–water partition coefficient (Wildman–Crippen LogP) is 2.57. The van der Waals surface area contributed by atoms with E-state index in [0.717, 1.165) is 12.8 Å². The van der Waals surface area contributed by atoms with E-state index in [2.05, 4.69) is 13.0 Å². The van der Waals surface area contributed by atoms with Gasteiger partial charge < -0.3 is 4.90 Å². The highest BCUT2D eigenvalue weighted by atomic mass is 16.2. The molecular weight excluding hydrogens is 188 g/mol. The first-order valence-electron chi connectivity index (χ1n) is 5.76. The van der Waals surface area contributed by atoms with Crippen molar-refractivity contribution in [2.45, 2.75) is 47.0 Å². The van der Waals surface area contributed by atoms with Crippen LogP contribution in [0.2, 0.25) is 0 Å². The third-order valence-corrected chi connectivity index (χ3v) is 2.80. The lowest BCUT2D eigenvalue weighted by Gasteiger charge is -2.28. The molecule has 0 unspecified atom stereocenters. The first kappa shape index (κ1) is 14.0. The minimum absolute atomic E-state index is 0.0246. The van der Waals surface area contributed by atoms with Crippen LogP contribution in [0.15, 0.2) is 0 Å². The summed E-state index contributed by atoms with van der Waals surface area (Å²) in [5.74, 6) is -0.0246. The summed E-state index contributed by atoms with van der Waals surface area (Å²) in [6.07, 6.45) is 2.61. The molecule has 0 rings (SSSR count). The Balaban J connectivity index is 4.64. The van der Waals surface area contributed by atoms with Gasteiger partial charge in [0.15, 0.2) is 0 Å². The summed E-state index contributed by atoms with van der Waals surface area (Å²) in [4.78, 5) is 13.8. The van der Waals surface area contributed by atoms with Crippen molar-refractivity contribution < 1.29 is 4.79 Å². The van der Waals surface area contributed by atoms with E-state index in [1.165, 1.54) is 0 Å². The first-order chi connectivity index (χ1) is 7.05. The lowest BCUT2D eigenvalue weighted by molar-refractivity contribution is -0.138. The van der Waals surface area contributed by atoms with E-state index in [1.807, 2.05) is 13.8 Å². The molecule has 0 fully saturated rings. The van der Waals surface area contributed by atoms with Gasteiger partial charge in [0.05, 0.1) is 6.07 Å². The fourth-order valence-corrected chi connectivity index (χ4v) is 1.60. The van der Waals surface area contributed by atoms with Crippen LogP contribution < -0.4 is 0 Å². The Morgan fingerprint density at radius 1 is 1.33 bits per heavy atom. The molecule has 0 heterocycles. The summed E-state index contributed by atoms with van der Waals surface area (Å²) in [6, 6.07) is 2.17. The molecule has 0 saturated heterocycles. The van der Waals surface area contributed by atoms with E-state index in [4.69, 9.17) is 5.26 Å². The van der Waals surface area contributed by atoms with Crippen molar-refractivity contribution in [1.29, 1.82) is 5.26 Å². The number of unbranched alkanes of at least 4 members (excludes halogenated alkanes) is 1. The van der Waals surface area contributed by atoms with Gasteiger partial charge in [0.2, 0.25) is 5.91 Å². The van der Waals surface area contributed by atoms with Gasteiger partial charge in [0, 0.05) is 13.1 Å². The molecule has 0 aromatic heterocycles. The van der Waals surface area contributed by atoms with E-state index in [0.29, 0.717) is 19.5 Å². The van der Waals surface area contributed by atoms with E-state index >= 15 is 0 Å². The summed E-state index contributed by atoms with van der Waals surface area (Å²) >= 11 is 0. The number of rotatable bonds is 6. The van der Waals surface area contributed by atoms with Crippen LogP contribution in [-0.2, 0) is 4.79 Å². The Bertz CT molecular complexity index is 240. The summed E-state index contributed by atoms with van der Waals surface area (Å²) in [5, 5.41) is 9.12. The molecule has 0 aromatic carbocycles. The van der Waals surface area contributed by atoms with Gasteiger partial charge in [-0.2, -0.15) is 5.26 Å². The van der Waals surface area contributed by atoms with E-state index in [-0.39, 0.29) is 5.91 Å². The molecule has 3 nitrogen and oxygen atoms in total. The van der Waals surface area contributed by atoms with Crippen LogP contribution in [0.25, 0.3) is 0 Å². The van der Waals surface area contributed by atoms with Gasteiger partial charge in [-0.15, -0.1) is 0 Å². The summed E-state index contributed by atoms with van der Waals surface area (Å²) in [5.41, 5.74) is -0.831. The monoisotopic (exact) mass is 210 g/mol. The van der Waals surface area contributed by atoms with Gasteiger partial charge >= 0.3 is 0 Å². The third-order valence-electron chi connectivity index (χ3n) is 2.80. The van der Waals surface area contributed by atoms with Crippen molar-refractivity contribution >= 4 is 5.91 Å². The molecule has 1 atom stereocenters. The second-order valence-corrected chi connectivity index (χ2v) is 4.02. The van der Waals surface area contributed by atoms with Gasteiger partial charge in [0.1, 0.15) is 5.41 Å². The second-order valence-electron chi connectivity index (χ2n) is 4.02. The van der Waals surface area contributed by atoms with E-state index in [1.54, 1.807) is 11.8 Å². The van der Waals surface area contributed by atoms with Crippen molar-refractivity contribution in [3.05, 3.63) is 0 Å². The average Bonchev–Trinajstić information content (AvgIpc) is 2.27. The van der Waals surface area contributed by atoms with Crippen molar-refractivity contribution in [3.63, 3.8) is 0 Å². The highest BCUT2D eigenvalue weighted by Crippen LogP contribution is 2.25. The molecule has 0 aliphatic carbocycles. The predicted molar refractivity (Wildman–Crippen MR) is 61.2 cm³/mol. The van der Waals surface area contributed by atoms with Crippen LogP contribution in [0.4, 0.5) is 0 Å². The number of carbonyl (C=O) groups excluding carboxylic acids is 1. The molecule has 0 spiro atoms. The first-order valence-corrected chi connectivity index (χ1v) is 5.76. The molecule has 0 aliphatic rings. The van der Waals surface area contributed by atoms with Crippen LogP contribution in [0.5, 0.6) is 0 Å². The number of amides is 1. The maximum absolute atomic E-state index is 12.1. The quantitative estimate of drug-likeness (QED) is 0.676. The normalized spacial score (nSPS) is 14.1. The fraction of sp³-hybridized carbons (Fsp3) is 0.833. The van der Waals surface area contributed by atoms with Gasteiger partial charge in [-0.3, -0.25) is 4.79 Å². The lowest BCUT2D eigenvalue weighted by atomic mass is 9.85. The molecule has 15 heavy (non-hydrogen) atoms. The summed E-state index contributed by atoms with van der Waals surface area (Å²) < 4.78 is 0. The Kier molecular flexibility index (Phi) is 6.00. The van der Waals surface area contributed by atoms with Crippen molar-refractivity contribution in [2.75, 3.05) is 13.1 Å². The zero-order valence-electron chi connectivity index (χ0n) is 10.3. The minimum Gasteiger partial charge on any atom is -0.342 e. The molecular formula is C12H22N2O. The fourth-order valence-electron chi connectivity index (χ4n) is 1.60. The van der Waals surface area contributed by atoms with E-state index in [9.17, 15) is 4.79 Å². The van der Waals surface area contributed by atoms with Crippen LogP contribution in [-0.4, -0.2) is 23.9 Å². The molecule has 86 valence electrons. The molecule has 0 radical (unpaired) electrons. The van der Waals surface area contributed by atoms with Gasteiger partial charge in [-0.25, -0.2) is 0 Å². The Morgan fingerprint density at radius 2 is 1.87 bits per heavy atom. The molecule has 0 saturated carbocycles. The lowest BCUT2D eigenvalue weighted by Crippen LogP contribution is -2.41. The van der Waals surface area contributed by atoms with Crippen LogP contribution in [0, 0.1) is 16.7 Å². The van der Waals surface area contributed by atoms with Gasteiger partial charge in [0.25, 0.3) is 0 Å². The minimum atomic E-state index is -0.831. The number of nitrogens with zero attached hydrogens (tertiary/aromatic N) is 2. The molecule has 3 heteroatoms. The molecule has 1 amide bonds. The maximum Gasteiger partial charge on any atom is 0.242 e. The Morgan fingerprint density at radius 3 is 2.20 bits per heavy atom. The van der Waals surface area contributed by atoms with Gasteiger partial charge in [-0.1, -0.05) is 19.8 Å². The van der Waals surface area contributed by atoms with Crippen molar-refractivity contribution in [1.82, 2.24) is 4.90 Å². The van der Waals surface area contributed by atoms with Crippen LogP contribution in [0.1, 0.15) is 47.0 Å². The molecule has 0 aromatic rings. The summed E-state index contributed by atoms with van der Waals surface area (Å²) in [7, 11) is 0. The largest absolute Gasteiger partial charge is 0.342 e. The zero-order chi connectivity index (χ0) is 11.9. The van der Waals surface area contributed by atoms with Crippen LogP contribution in [0.3, 0.4) is 0 Å². The topological polar surface area (TPSA) is 44.1 Å². The molecule has 0 aliphatic heterocycles. The highest BCUT2D eigenvalue weighted by molar-refractivity contribution is 5.85. The molecule has 0 N–H and O–H groups in total. The Hall–Kier alpha value is -1.04. The zero-order valence-corrected chi connectivity index (χ0v) is 10.3. The number of hydrogen-bond acceptors (Lipinski definition) is 2. The second kappa shape index (κ2) is 6.44. The molecule has 0 bridgehead atoms. The SMILES string of the molecule is CCCC[C@@](C)(C#N)C(=O)N(CC)CC. The van der Waals surface area contributed by atoms with Crippen molar-refractivity contribution in [2.24, 2.45) is 5.41 Å². The third kappa shape index (κ3) is 3.54. The summed E-state index contributed by atoms with van der Waals surface area (Å²) in [6.45, 7) is 9.07. The average molecular weight is 210 g/mol. The van der Waals surface area contributed by atoms with E-state index < -0.39 is 5.41 Å². The maximum atomic E-state index is 12.1. The van der Waals surface area contributed by atoms with Crippen molar-refractivity contribution in [3.8, 4) is 6.07 Å². The highest BCUT2D eigenvalue weighted by Gasteiger charge is 2.35. The number of nitriles is 1.